The summed E-state index contributed by atoms with van der Waals surface area (Å²) in [4.78, 5) is 0. The van der Waals surface area contributed by atoms with E-state index in [0.29, 0.717) is 17.3 Å². The summed E-state index contributed by atoms with van der Waals surface area (Å²) in [5.41, 5.74) is 1.34. The van der Waals surface area contributed by atoms with E-state index in [1.165, 1.54) is 63.4 Å². The first-order valence-electron chi connectivity index (χ1n) is 9.11. The molecule has 0 aromatic heterocycles. The van der Waals surface area contributed by atoms with Crippen molar-refractivity contribution in [1.82, 2.24) is 0 Å². The molecule has 2 aliphatic carbocycles. The minimum Gasteiger partial charge on any atom is -0.390 e. The maximum atomic E-state index is 10.6. The summed E-state index contributed by atoms with van der Waals surface area (Å²) in [5, 5.41) is 10.6. The van der Waals surface area contributed by atoms with Gasteiger partial charge in [0, 0.05) is 0 Å². The molecule has 0 spiro atoms. The van der Waals surface area contributed by atoms with Crippen LogP contribution >= 0.6 is 0 Å². The van der Waals surface area contributed by atoms with Crippen molar-refractivity contribution in [3.8, 4) is 0 Å². The van der Waals surface area contributed by atoms with E-state index in [9.17, 15) is 5.11 Å². The fraction of sp³-hybridized carbons (Fsp3) is 0.900. The fourth-order valence-electron chi connectivity index (χ4n) is 4.97. The number of hydrogen-bond acceptors (Lipinski definition) is 1. The number of rotatable bonds is 1. The van der Waals surface area contributed by atoms with Crippen LogP contribution in [-0.4, -0.2) is 10.7 Å². The first-order valence-corrected chi connectivity index (χ1v) is 9.11. The van der Waals surface area contributed by atoms with Crippen molar-refractivity contribution in [2.24, 2.45) is 23.2 Å². The zero-order valence-electron chi connectivity index (χ0n) is 14.8. The van der Waals surface area contributed by atoms with Crippen molar-refractivity contribution < 1.29 is 5.11 Å². The predicted molar refractivity (Wildman–Crippen MR) is 91.2 cm³/mol. The molecule has 21 heavy (non-hydrogen) atoms. The maximum Gasteiger partial charge on any atom is 0.0622 e. The molecule has 1 nitrogen and oxygen atoms in total. The fourth-order valence-corrected chi connectivity index (χ4v) is 4.97. The first-order chi connectivity index (χ1) is 9.72. The van der Waals surface area contributed by atoms with Gasteiger partial charge >= 0.3 is 0 Å². The lowest BCUT2D eigenvalue weighted by Gasteiger charge is -2.39. The van der Waals surface area contributed by atoms with Gasteiger partial charge in [0.15, 0.2) is 0 Å². The third-order valence-corrected chi connectivity index (χ3v) is 6.56. The summed E-state index contributed by atoms with van der Waals surface area (Å²) in [5.74, 6) is 1.97. The van der Waals surface area contributed by atoms with Gasteiger partial charge in [0.2, 0.25) is 0 Å². The highest BCUT2D eigenvalue weighted by molar-refractivity contribution is 5.02. The Kier molecular flexibility index (Phi) is 5.23. The van der Waals surface area contributed by atoms with Crippen molar-refractivity contribution in [3.63, 3.8) is 0 Å². The van der Waals surface area contributed by atoms with E-state index in [0.717, 1.165) is 5.92 Å². The second-order valence-corrected chi connectivity index (χ2v) is 8.88. The number of fused-ring (bicyclic) bond motifs is 1. The second-order valence-electron chi connectivity index (χ2n) is 8.88. The number of allylic oxidation sites excluding steroid dienone is 1. The molecule has 2 rings (SSSR count). The van der Waals surface area contributed by atoms with Crippen LogP contribution in [0.1, 0.15) is 85.5 Å². The Bertz CT molecular complexity index is 365. The van der Waals surface area contributed by atoms with E-state index in [2.05, 4.69) is 20.4 Å². The third-order valence-electron chi connectivity index (χ3n) is 6.56. The summed E-state index contributed by atoms with van der Waals surface area (Å²) in [6, 6.07) is 0. The topological polar surface area (TPSA) is 20.2 Å². The summed E-state index contributed by atoms with van der Waals surface area (Å²) >= 11 is 0. The molecule has 1 N–H and O–H groups in total. The molecule has 0 radical (unpaired) electrons. The van der Waals surface area contributed by atoms with Gasteiger partial charge < -0.3 is 5.11 Å². The summed E-state index contributed by atoms with van der Waals surface area (Å²) in [6.45, 7) is 13.3. The molecular formula is C20H36O. The smallest absolute Gasteiger partial charge is 0.0622 e. The SMILES string of the molecule is C=C1CCCC(C)CC[C@@]2(C)CC[C@@H](C(C)(C)O)[C@@H]2CC1. The van der Waals surface area contributed by atoms with E-state index in [4.69, 9.17) is 0 Å². The molecule has 1 heteroatoms. The Morgan fingerprint density at radius 3 is 2.43 bits per heavy atom. The molecule has 0 bridgehead atoms. The lowest BCUT2D eigenvalue weighted by atomic mass is 9.68. The van der Waals surface area contributed by atoms with Crippen molar-refractivity contribution in [1.29, 1.82) is 0 Å². The summed E-state index contributed by atoms with van der Waals surface area (Å²) in [6.07, 6.45) is 11.5. The first kappa shape index (κ1) is 17.1. The van der Waals surface area contributed by atoms with E-state index >= 15 is 0 Å². The Labute approximate surface area is 132 Å². The Balaban J connectivity index is 2.19. The van der Waals surface area contributed by atoms with E-state index in [1.54, 1.807) is 0 Å². The van der Waals surface area contributed by atoms with Gasteiger partial charge in [-0.2, -0.15) is 0 Å². The van der Waals surface area contributed by atoms with Crippen molar-refractivity contribution in [3.05, 3.63) is 12.2 Å². The second kappa shape index (κ2) is 6.44. The zero-order chi connectivity index (χ0) is 15.7. The zero-order valence-corrected chi connectivity index (χ0v) is 14.8. The quantitative estimate of drug-likeness (QED) is 0.612. The molecule has 0 amide bonds. The lowest BCUT2D eigenvalue weighted by molar-refractivity contribution is -0.0183. The normalized spacial score (nSPS) is 39.7. The van der Waals surface area contributed by atoms with Crippen LogP contribution in [0.5, 0.6) is 0 Å². The number of aliphatic hydroxyl groups is 1. The van der Waals surface area contributed by atoms with Gasteiger partial charge in [-0.05, 0) is 82.0 Å². The van der Waals surface area contributed by atoms with Gasteiger partial charge in [0.1, 0.15) is 0 Å². The van der Waals surface area contributed by atoms with Gasteiger partial charge in [0.25, 0.3) is 0 Å². The van der Waals surface area contributed by atoms with Crippen LogP contribution in [0.4, 0.5) is 0 Å². The summed E-state index contributed by atoms with van der Waals surface area (Å²) in [7, 11) is 0. The average Bonchev–Trinajstić information content (AvgIpc) is 2.70. The van der Waals surface area contributed by atoms with Crippen LogP contribution in [0.2, 0.25) is 0 Å². The largest absolute Gasteiger partial charge is 0.390 e. The monoisotopic (exact) mass is 292 g/mol. The van der Waals surface area contributed by atoms with Crippen molar-refractivity contribution >= 4 is 0 Å². The molecule has 2 fully saturated rings. The highest BCUT2D eigenvalue weighted by atomic mass is 16.3. The van der Waals surface area contributed by atoms with Crippen LogP contribution in [0.25, 0.3) is 0 Å². The van der Waals surface area contributed by atoms with Gasteiger partial charge in [-0.1, -0.05) is 38.8 Å². The third kappa shape index (κ3) is 4.12. The highest BCUT2D eigenvalue weighted by Crippen LogP contribution is 2.55. The van der Waals surface area contributed by atoms with E-state index < -0.39 is 5.60 Å². The minimum absolute atomic E-state index is 0.434. The van der Waals surface area contributed by atoms with Crippen molar-refractivity contribution in [2.45, 2.75) is 91.1 Å². The lowest BCUT2D eigenvalue weighted by Crippen LogP contribution is -2.37. The van der Waals surface area contributed by atoms with Crippen molar-refractivity contribution in [2.75, 3.05) is 0 Å². The van der Waals surface area contributed by atoms with Crippen LogP contribution in [-0.2, 0) is 0 Å². The standard InChI is InChI=1S/C20H36O/c1-15-7-6-8-16(2)11-13-20(5)14-12-17(19(3,4)21)18(20)10-9-15/h16-18,21H,1,6-14H2,2-5H3/t16?,17-,18+,20+/m1/s1. The molecule has 4 atom stereocenters. The Hall–Kier alpha value is -0.300. The molecule has 1 unspecified atom stereocenters. The van der Waals surface area contributed by atoms with Crippen LogP contribution in [0, 0.1) is 23.2 Å². The highest BCUT2D eigenvalue weighted by Gasteiger charge is 2.49. The molecule has 0 aromatic carbocycles. The van der Waals surface area contributed by atoms with Gasteiger partial charge in [-0.3, -0.25) is 0 Å². The molecule has 0 saturated heterocycles. The predicted octanol–water partition coefficient (Wildman–Crippen LogP) is 5.73. The average molecular weight is 293 g/mol. The van der Waals surface area contributed by atoms with E-state index in [-0.39, 0.29) is 0 Å². The van der Waals surface area contributed by atoms with E-state index in [1.807, 2.05) is 13.8 Å². The van der Waals surface area contributed by atoms with Crippen LogP contribution in [0.15, 0.2) is 12.2 Å². The van der Waals surface area contributed by atoms with Crippen LogP contribution in [0.3, 0.4) is 0 Å². The number of hydrogen-bond donors (Lipinski definition) is 1. The molecule has 0 heterocycles. The molecule has 122 valence electrons. The molecule has 0 aliphatic heterocycles. The van der Waals surface area contributed by atoms with Gasteiger partial charge in [-0.15, -0.1) is 0 Å². The molecule has 0 aromatic rings. The maximum absolute atomic E-state index is 10.6. The molecule has 2 aliphatic rings. The van der Waals surface area contributed by atoms with Crippen LogP contribution < -0.4 is 0 Å². The molecule has 2 saturated carbocycles. The minimum atomic E-state index is -0.532. The molecular weight excluding hydrogens is 256 g/mol. The van der Waals surface area contributed by atoms with Gasteiger partial charge in [-0.25, -0.2) is 0 Å². The van der Waals surface area contributed by atoms with Gasteiger partial charge in [0.05, 0.1) is 5.60 Å². The Morgan fingerprint density at radius 1 is 1.10 bits per heavy atom. The Morgan fingerprint density at radius 2 is 1.76 bits per heavy atom. The summed E-state index contributed by atoms with van der Waals surface area (Å²) < 4.78 is 0.